The van der Waals surface area contributed by atoms with Gasteiger partial charge in [-0.15, -0.1) is 0 Å². The highest BCUT2D eigenvalue weighted by Crippen LogP contribution is 2.50. The summed E-state index contributed by atoms with van der Waals surface area (Å²) >= 11 is 12.9. The molecule has 5 rings (SSSR count). The zero-order valence-electron chi connectivity index (χ0n) is 20.5. The Hall–Kier alpha value is -1.30. The number of piperidine rings is 1. The van der Waals surface area contributed by atoms with Gasteiger partial charge in [0.15, 0.2) is 0 Å². The van der Waals surface area contributed by atoms with E-state index in [1.165, 1.54) is 25.7 Å². The summed E-state index contributed by atoms with van der Waals surface area (Å²) in [5.74, 6) is 1.99. The van der Waals surface area contributed by atoms with Gasteiger partial charge in [0.05, 0.1) is 15.5 Å². The van der Waals surface area contributed by atoms with Crippen molar-refractivity contribution in [2.45, 2.75) is 76.7 Å². The summed E-state index contributed by atoms with van der Waals surface area (Å²) in [5, 5.41) is 0.991. The van der Waals surface area contributed by atoms with Crippen molar-refractivity contribution in [1.29, 1.82) is 0 Å². The van der Waals surface area contributed by atoms with Crippen LogP contribution >= 0.6 is 23.2 Å². The number of halogens is 2. The van der Waals surface area contributed by atoms with Crippen LogP contribution in [0.3, 0.4) is 0 Å². The predicted molar refractivity (Wildman–Crippen MR) is 138 cm³/mol. The molecule has 34 heavy (non-hydrogen) atoms. The van der Waals surface area contributed by atoms with E-state index in [0.29, 0.717) is 35.6 Å². The molecule has 186 valence electrons. The monoisotopic (exact) mass is 505 g/mol. The SMILES string of the molecule is CC(C)C1CCC(N2CCC3(CC2)C(=O)N(CCN2CCCC2=O)c2cc(Cl)c(Cl)cc23)CC1. The van der Waals surface area contributed by atoms with E-state index in [1.54, 1.807) is 0 Å². The molecule has 1 aromatic rings. The lowest BCUT2D eigenvalue weighted by Crippen LogP contribution is -2.52. The standard InChI is InChI=1S/C27H37Cl2N3O2/c1-18(2)19-5-7-20(8-6-19)30-12-9-27(10-13-30)21-16-22(28)23(29)17-24(21)32(26(27)34)15-14-31-11-3-4-25(31)33/h16-20H,3-15H2,1-2H3. The van der Waals surface area contributed by atoms with Gasteiger partial charge in [-0.25, -0.2) is 0 Å². The normalized spacial score (nSPS) is 27.3. The van der Waals surface area contributed by atoms with E-state index in [-0.39, 0.29) is 11.8 Å². The summed E-state index contributed by atoms with van der Waals surface area (Å²) in [4.78, 5) is 32.5. The molecule has 3 fully saturated rings. The van der Waals surface area contributed by atoms with Crippen molar-refractivity contribution in [3.63, 3.8) is 0 Å². The van der Waals surface area contributed by atoms with Gasteiger partial charge in [-0.05, 0) is 87.6 Å². The molecule has 1 aromatic carbocycles. The van der Waals surface area contributed by atoms with Crippen molar-refractivity contribution in [2.75, 3.05) is 37.6 Å². The van der Waals surface area contributed by atoms with Gasteiger partial charge in [0.1, 0.15) is 0 Å². The number of likely N-dealkylation sites (tertiary alicyclic amines) is 2. The molecule has 5 nitrogen and oxygen atoms in total. The van der Waals surface area contributed by atoms with Gasteiger partial charge in [0.25, 0.3) is 0 Å². The predicted octanol–water partition coefficient (Wildman–Crippen LogP) is 5.51. The van der Waals surface area contributed by atoms with Crippen LogP contribution in [0.5, 0.6) is 0 Å². The van der Waals surface area contributed by atoms with E-state index in [0.717, 1.165) is 62.0 Å². The highest BCUT2D eigenvalue weighted by molar-refractivity contribution is 6.42. The average molecular weight is 507 g/mol. The third-order valence-corrected chi connectivity index (χ3v) is 9.84. The molecule has 1 aliphatic carbocycles. The smallest absolute Gasteiger partial charge is 0.237 e. The van der Waals surface area contributed by atoms with Gasteiger partial charge in [0, 0.05) is 37.8 Å². The Balaban J connectivity index is 1.32. The summed E-state index contributed by atoms with van der Waals surface area (Å²) in [6.07, 6.45) is 8.36. The van der Waals surface area contributed by atoms with Crippen LogP contribution in [0, 0.1) is 11.8 Å². The maximum Gasteiger partial charge on any atom is 0.237 e. The largest absolute Gasteiger partial charge is 0.341 e. The highest BCUT2D eigenvalue weighted by atomic mass is 35.5. The lowest BCUT2D eigenvalue weighted by molar-refractivity contribution is -0.128. The number of amides is 2. The van der Waals surface area contributed by atoms with Crippen molar-refractivity contribution in [1.82, 2.24) is 9.80 Å². The maximum absolute atomic E-state index is 14.0. The number of rotatable bonds is 5. The number of anilines is 1. The summed E-state index contributed by atoms with van der Waals surface area (Å²) < 4.78 is 0. The second-order valence-electron chi connectivity index (χ2n) is 11.2. The Kier molecular flexibility index (Phi) is 6.91. The van der Waals surface area contributed by atoms with E-state index < -0.39 is 5.41 Å². The van der Waals surface area contributed by atoms with Gasteiger partial charge < -0.3 is 14.7 Å². The molecule has 3 aliphatic heterocycles. The third kappa shape index (κ3) is 4.26. The summed E-state index contributed by atoms with van der Waals surface area (Å²) in [7, 11) is 0. The van der Waals surface area contributed by atoms with Gasteiger partial charge in [-0.2, -0.15) is 0 Å². The molecule has 0 bridgehead atoms. The molecule has 0 N–H and O–H groups in total. The molecule has 2 amide bonds. The second-order valence-corrected chi connectivity index (χ2v) is 12.0. The van der Waals surface area contributed by atoms with Crippen LogP contribution in [0.2, 0.25) is 10.0 Å². The lowest BCUT2D eigenvalue weighted by Gasteiger charge is -2.44. The summed E-state index contributed by atoms with van der Waals surface area (Å²) in [6, 6.07) is 4.44. The number of carbonyl (C=O) groups excluding carboxylic acids is 2. The van der Waals surface area contributed by atoms with Crippen LogP contribution in [0.4, 0.5) is 5.69 Å². The molecule has 0 radical (unpaired) electrons. The number of hydrogen-bond donors (Lipinski definition) is 0. The first-order chi connectivity index (χ1) is 16.3. The fraction of sp³-hybridized carbons (Fsp3) is 0.704. The van der Waals surface area contributed by atoms with Crippen molar-refractivity contribution in [3.8, 4) is 0 Å². The molecule has 0 atom stereocenters. The lowest BCUT2D eigenvalue weighted by atomic mass is 9.72. The Morgan fingerprint density at radius 3 is 2.26 bits per heavy atom. The third-order valence-electron chi connectivity index (χ3n) is 9.12. The van der Waals surface area contributed by atoms with Gasteiger partial charge >= 0.3 is 0 Å². The van der Waals surface area contributed by atoms with Crippen LogP contribution in [-0.2, 0) is 15.0 Å². The minimum atomic E-state index is -0.524. The van der Waals surface area contributed by atoms with Crippen molar-refractivity contribution in [3.05, 3.63) is 27.7 Å². The first kappa shape index (κ1) is 24.4. The second kappa shape index (κ2) is 9.63. The molecule has 0 unspecified atom stereocenters. The van der Waals surface area contributed by atoms with E-state index in [9.17, 15) is 9.59 Å². The van der Waals surface area contributed by atoms with Crippen LogP contribution in [0.15, 0.2) is 12.1 Å². The summed E-state index contributed by atoms with van der Waals surface area (Å²) in [6.45, 7) is 8.46. The van der Waals surface area contributed by atoms with E-state index in [2.05, 4.69) is 18.7 Å². The fourth-order valence-corrected chi connectivity index (χ4v) is 7.22. The van der Waals surface area contributed by atoms with Gasteiger partial charge in [0.2, 0.25) is 11.8 Å². The molecule has 3 heterocycles. The summed E-state index contributed by atoms with van der Waals surface area (Å²) in [5.41, 5.74) is 1.39. The van der Waals surface area contributed by atoms with Crippen LogP contribution in [-0.4, -0.2) is 60.4 Å². The molecule has 4 aliphatic rings. The van der Waals surface area contributed by atoms with Crippen molar-refractivity contribution < 1.29 is 9.59 Å². The van der Waals surface area contributed by atoms with Gasteiger partial charge in [-0.3, -0.25) is 9.59 Å². The zero-order chi connectivity index (χ0) is 24.0. The fourth-order valence-electron chi connectivity index (χ4n) is 6.90. The van der Waals surface area contributed by atoms with Crippen LogP contribution in [0.25, 0.3) is 0 Å². The minimum Gasteiger partial charge on any atom is -0.341 e. The number of carbonyl (C=O) groups is 2. The first-order valence-corrected chi connectivity index (χ1v) is 13.9. The molecular weight excluding hydrogens is 469 g/mol. The van der Waals surface area contributed by atoms with Crippen LogP contribution < -0.4 is 4.90 Å². The topological polar surface area (TPSA) is 43.9 Å². The first-order valence-electron chi connectivity index (χ1n) is 13.1. The molecule has 0 aromatic heterocycles. The zero-order valence-corrected chi connectivity index (χ0v) is 22.0. The van der Waals surface area contributed by atoms with Crippen molar-refractivity contribution >= 4 is 40.7 Å². The Bertz CT molecular complexity index is 949. The molecular formula is C27H37Cl2N3O2. The Labute approximate surface area is 213 Å². The molecule has 2 saturated heterocycles. The van der Waals surface area contributed by atoms with Crippen molar-refractivity contribution in [2.24, 2.45) is 11.8 Å². The number of nitrogens with zero attached hydrogens (tertiary/aromatic N) is 3. The minimum absolute atomic E-state index is 0.163. The highest BCUT2D eigenvalue weighted by Gasteiger charge is 2.52. The molecule has 1 spiro atoms. The van der Waals surface area contributed by atoms with E-state index in [4.69, 9.17) is 23.2 Å². The number of fused-ring (bicyclic) bond motifs is 2. The Morgan fingerprint density at radius 2 is 1.65 bits per heavy atom. The van der Waals surface area contributed by atoms with Crippen LogP contribution in [0.1, 0.15) is 70.8 Å². The van der Waals surface area contributed by atoms with E-state index >= 15 is 0 Å². The maximum atomic E-state index is 14.0. The molecule has 1 saturated carbocycles. The van der Waals surface area contributed by atoms with Gasteiger partial charge in [-0.1, -0.05) is 37.0 Å². The van der Waals surface area contributed by atoms with E-state index in [1.807, 2.05) is 21.9 Å². The number of benzene rings is 1. The Morgan fingerprint density at radius 1 is 0.971 bits per heavy atom. The quantitative estimate of drug-likeness (QED) is 0.529. The average Bonchev–Trinajstić information content (AvgIpc) is 3.33. The number of hydrogen-bond acceptors (Lipinski definition) is 3. The molecule has 7 heteroatoms.